The van der Waals surface area contributed by atoms with Crippen LogP contribution in [0.1, 0.15) is 15.2 Å². The van der Waals surface area contributed by atoms with Gasteiger partial charge in [-0.1, -0.05) is 6.07 Å². The van der Waals surface area contributed by atoms with Crippen LogP contribution in [0, 0.1) is 0 Å². The van der Waals surface area contributed by atoms with Gasteiger partial charge in [0.2, 0.25) is 11.8 Å². The van der Waals surface area contributed by atoms with Gasteiger partial charge in [0, 0.05) is 50.4 Å². The summed E-state index contributed by atoms with van der Waals surface area (Å²) in [5, 5.41) is 17.1. The molecule has 1 aromatic heterocycles. The number of methoxy groups -OCH3 is 1. The Balaban J connectivity index is 1.57. The Morgan fingerprint density at radius 2 is 1.91 bits per heavy atom. The van der Waals surface area contributed by atoms with Crippen molar-refractivity contribution in [3.63, 3.8) is 0 Å². The molecule has 2 heterocycles. The molecule has 0 atom stereocenters. The molecule has 0 spiro atoms. The third kappa shape index (κ3) is 6.78. The number of thiophene rings is 1. The Morgan fingerprint density at radius 3 is 2.56 bits per heavy atom. The Labute approximate surface area is 191 Å². The molecular formula is C22H28N4O5S. The van der Waals surface area contributed by atoms with Crippen molar-refractivity contribution in [3.8, 4) is 0 Å². The van der Waals surface area contributed by atoms with Crippen molar-refractivity contribution in [1.82, 2.24) is 10.2 Å². The first-order chi connectivity index (χ1) is 15.5. The predicted octanol–water partition coefficient (Wildman–Crippen LogP) is 1.51. The highest BCUT2D eigenvalue weighted by Crippen LogP contribution is 2.25. The van der Waals surface area contributed by atoms with Crippen LogP contribution in [0.5, 0.6) is 0 Å². The summed E-state index contributed by atoms with van der Waals surface area (Å²) in [6.07, 6.45) is 0.208. The van der Waals surface area contributed by atoms with Crippen LogP contribution in [-0.4, -0.2) is 80.8 Å². The highest BCUT2D eigenvalue weighted by atomic mass is 32.1. The average molecular weight is 461 g/mol. The summed E-state index contributed by atoms with van der Waals surface area (Å²) in [4.78, 5) is 41.1. The van der Waals surface area contributed by atoms with Crippen molar-refractivity contribution in [2.24, 2.45) is 0 Å². The Bertz CT molecular complexity index is 926. The van der Waals surface area contributed by atoms with Gasteiger partial charge < -0.3 is 25.4 Å². The third-order valence-corrected chi connectivity index (χ3v) is 6.03. The number of ether oxygens (including phenoxy) is 1. The minimum atomic E-state index is -1.09. The zero-order valence-electron chi connectivity index (χ0n) is 18.0. The molecule has 1 fully saturated rings. The maximum absolute atomic E-state index is 12.3. The number of carbonyl (C=O) groups is 3. The molecule has 32 heavy (non-hydrogen) atoms. The molecule has 9 nitrogen and oxygen atoms in total. The summed E-state index contributed by atoms with van der Waals surface area (Å²) < 4.78 is 4.92. The minimum absolute atomic E-state index is 0.0358. The first-order valence-corrected chi connectivity index (χ1v) is 11.3. The number of benzene rings is 1. The molecule has 0 unspecified atom stereocenters. The smallest absolute Gasteiger partial charge is 0.337 e. The summed E-state index contributed by atoms with van der Waals surface area (Å²) in [7, 11) is 1.59. The number of amides is 2. The Morgan fingerprint density at radius 1 is 1.12 bits per heavy atom. The average Bonchev–Trinajstić information content (AvgIpc) is 3.27. The second kappa shape index (κ2) is 11.6. The highest BCUT2D eigenvalue weighted by Gasteiger charge is 2.21. The molecule has 3 rings (SSSR count). The van der Waals surface area contributed by atoms with Gasteiger partial charge >= 0.3 is 5.97 Å². The molecule has 1 aliphatic rings. The van der Waals surface area contributed by atoms with Crippen LogP contribution in [0.3, 0.4) is 0 Å². The van der Waals surface area contributed by atoms with Gasteiger partial charge in [-0.15, -0.1) is 11.3 Å². The van der Waals surface area contributed by atoms with E-state index < -0.39 is 5.97 Å². The van der Waals surface area contributed by atoms with Crippen LogP contribution in [-0.2, 0) is 20.7 Å². The fourth-order valence-corrected chi connectivity index (χ4v) is 4.20. The van der Waals surface area contributed by atoms with Gasteiger partial charge in [-0.05, 0) is 29.6 Å². The number of hydrogen-bond donors (Lipinski definition) is 3. The molecule has 2 aromatic rings. The molecule has 10 heteroatoms. The van der Waals surface area contributed by atoms with Crippen LogP contribution in [0.4, 0.5) is 11.4 Å². The summed E-state index contributed by atoms with van der Waals surface area (Å²) in [6, 6.07) is 8.80. The first kappa shape index (κ1) is 23.7. The predicted molar refractivity (Wildman–Crippen MR) is 124 cm³/mol. The lowest BCUT2D eigenvalue weighted by Crippen LogP contribution is -2.49. The number of hydrogen-bond acceptors (Lipinski definition) is 7. The normalized spacial score (nSPS) is 14.2. The van der Waals surface area contributed by atoms with E-state index in [1.807, 2.05) is 23.6 Å². The first-order valence-electron chi connectivity index (χ1n) is 10.4. The lowest BCUT2D eigenvalue weighted by atomic mass is 10.1. The monoisotopic (exact) mass is 460 g/mol. The van der Waals surface area contributed by atoms with Crippen molar-refractivity contribution in [3.05, 3.63) is 46.2 Å². The molecule has 0 saturated carbocycles. The lowest BCUT2D eigenvalue weighted by Gasteiger charge is -2.36. The second-order valence-electron chi connectivity index (χ2n) is 7.45. The number of aromatic carboxylic acids is 1. The van der Waals surface area contributed by atoms with Crippen molar-refractivity contribution in [2.45, 2.75) is 6.42 Å². The molecule has 0 bridgehead atoms. The van der Waals surface area contributed by atoms with E-state index >= 15 is 0 Å². The van der Waals surface area contributed by atoms with E-state index in [-0.39, 0.29) is 29.5 Å². The van der Waals surface area contributed by atoms with Gasteiger partial charge in [0.15, 0.2) is 0 Å². The SMILES string of the molecule is COCCNC(=O)CN1CCN(c2ccc(NC(=O)Cc3cccs3)c(C(=O)O)c2)CC1. The van der Waals surface area contributed by atoms with Crippen LogP contribution in [0.2, 0.25) is 0 Å². The zero-order valence-corrected chi connectivity index (χ0v) is 18.8. The summed E-state index contributed by atoms with van der Waals surface area (Å²) >= 11 is 1.48. The van der Waals surface area contributed by atoms with E-state index in [0.29, 0.717) is 45.9 Å². The highest BCUT2D eigenvalue weighted by molar-refractivity contribution is 7.10. The number of carboxylic acid groups (broad SMARTS) is 1. The Hall–Kier alpha value is -2.95. The van der Waals surface area contributed by atoms with Gasteiger partial charge in [-0.3, -0.25) is 14.5 Å². The molecular weight excluding hydrogens is 432 g/mol. The van der Waals surface area contributed by atoms with E-state index in [9.17, 15) is 19.5 Å². The van der Waals surface area contributed by atoms with Crippen LogP contribution in [0.25, 0.3) is 0 Å². The fraction of sp³-hybridized carbons (Fsp3) is 0.409. The summed E-state index contributed by atoms with van der Waals surface area (Å²) in [5.41, 5.74) is 1.12. The van der Waals surface area contributed by atoms with Crippen LogP contribution >= 0.6 is 11.3 Å². The summed E-state index contributed by atoms with van der Waals surface area (Å²) in [6.45, 7) is 4.04. The molecule has 1 saturated heterocycles. The van der Waals surface area contributed by atoms with Crippen molar-refractivity contribution in [2.75, 3.05) is 63.2 Å². The molecule has 2 amide bonds. The Kier molecular flexibility index (Phi) is 8.60. The number of carboxylic acids is 1. The number of anilines is 2. The van der Waals surface area contributed by atoms with Crippen molar-refractivity contribution in [1.29, 1.82) is 0 Å². The number of rotatable bonds is 10. The summed E-state index contributed by atoms with van der Waals surface area (Å²) in [5.74, 6) is -1.38. The van der Waals surface area contributed by atoms with Gasteiger partial charge in [0.1, 0.15) is 0 Å². The standard InChI is InChI=1S/C22H28N4O5S/c1-31-11-6-23-21(28)15-25-7-9-26(10-8-25)16-4-5-19(18(13-16)22(29)30)24-20(27)14-17-3-2-12-32-17/h2-5,12-13H,6-11,14-15H2,1H3,(H,23,28)(H,24,27)(H,29,30). The number of nitrogens with one attached hydrogen (secondary N) is 2. The lowest BCUT2D eigenvalue weighted by molar-refractivity contribution is -0.122. The van der Waals surface area contributed by atoms with Gasteiger partial charge in [-0.2, -0.15) is 0 Å². The molecule has 0 aliphatic carbocycles. The van der Waals surface area contributed by atoms with Crippen LogP contribution in [0.15, 0.2) is 35.7 Å². The van der Waals surface area contributed by atoms with Crippen molar-refractivity contribution >= 4 is 40.5 Å². The number of carbonyl (C=O) groups excluding carboxylic acids is 2. The second-order valence-corrected chi connectivity index (χ2v) is 8.48. The number of nitrogens with zero attached hydrogens (tertiary/aromatic N) is 2. The maximum Gasteiger partial charge on any atom is 0.337 e. The van der Waals surface area contributed by atoms with Gasteiger partial charge in [0.25, 0.3) is 0 Å². The van der Waals surface area contributed by atoms with E-state index in [1.165, 1.54) is 11.3 Å². The molecule has 1 aliphatic heterocycles. The van der Waals surface area contributed by atoms with E-state index in [0.717, 1.165) is 10.6 Å². The third-order valence-electron chi connectivity index (χ3n) is 5.16. The number of piperazine rings is 1. The molecule has 0 radical (unpaired) electrons. The van der Waals surface area contributed by atoms with E-state index in [4.69, 9.17) is 4.74 Å². The largest absolute Gasteiger partial charge is 0.478 e. The van der Waals surface area contributed by atoms with Gasteiger partial charge in [0.05, 0.1) is 30.8 Å². The fourth-order valence-electron chi connectivity index (χ4n) is 3.50. The van der Waals surface area contributed by atoms with Crippen LogP contribution < -0.4 is 15.5 Å². The zero-order chi connectivity index (χ0) is 22.9. The van der Waals surface area contributed by atoms with E-state index in [2.05, 4.69) is 20.4 Å². The minimum Gasteiger partial charge on any atom is -0.478 e. The van der Waals surface area contributed by atoms with Crippen molar-refractivity contribution < 1.29 is 24.2 Å². The molecule has 1 aromatic carbocycles. The maximum atomic E-state index is 12.3. The molecule has 172 valence electrons. The quantitative estimate of drug-likeness (QED) is 0.461. The topological polar surface area (TPSA) is 111 Å². The van der Waals surface area contributed by atoms with E-state index in [1.54, 1.807) is 19.2 Å². The van der Waals surface area contributed by atoms with Gasteiger partial charge in [-0.25, -0.2) is 4.79 Å². The molecule has 3 N–H and O–H groups in total.